The van der Waals surface area contributed by atoms with Crippen LogP contribution in [0, 0.1) is 5.92 Å². The van der Waals surface area contributed by atoms with Crippen LogP contribution in [0.3, 0.4) is 0 Å². The molecule has 0 saturated carbocycles. The Morgan fingerprint density at radius 1 is 1.24 bits per heavy atom. The maximum Gasteiger partial charge on any atom is 0.490 e. The number of rotatable bonds is 4. The van der Waals surface area contributed by atoms with Crippen molar-refractivity contribution in [3.63, 3.8) is 0 Å². The molecule has 2 saturated heterocycles. The van der Waals surface area contributed by atoms with Crippen molar-refractivity contribution in [2.24, 2.45) is 5.92 Å². The van der Waals surface area contributed by atoms with Gasteiger partial charge >= 0.3 is 12.1 Å². The number of carboxylic acid groups (broad SMARTS) is 1. The van der Waals surface area contributed by atoms with Gasteiger partial charge in [0.2, 0.25) is 0 Å². The predicted molar refractivity (Wildman–Crippen MR) is 131 cm³/mol. The molecule has 3 aromatic rings. The Labute approximate surface area is 218 Å². The molecule has 0 bridgehead atoms. The maximum absolute atomic E-state index is 10.6. The fourth-order valence-corrected chi connectivity index (χ4v) is 5.75. The van der Waals surface area contributed by atoms with E-state index in [4.69, 9.17) is 31.5 Å². The number of fused-ring (bicyclic) bond motifs is 3. The molecule has 3 aromatic heterocycles. The van der Waals surface area contributed by atoms with Gasteiger partial charge in [-0.1, -0.05) is 18.5 Å². The van der Waals surface area contributed by atoms with Crippen LogP contribution >= 0.6 is 23.4 Å². The lowest BCUT2D eigenvalue weighted by molar-refractivity contribution is -0.192. The van der Waals surface area contributed by atoms with E-state index in [-0.39, 0.29) is 0 Å². The average Bonchev–Trinajstić information content (AvgIpc) is 3.37. The lowest BCUT2D eigenvalue weighted by Gasteiger charge is -2.45. The third kappa shape index (κ3) is 5.07. The van der Waals surface area contributed by atoms with Crippen LogP contribution in [-0.4, -0.2) is 67.8 Å². The van der Waals surface area contributed by atoms with E-state index in [2.05, 4.69) is 32.1 Å². The normalized spacial score (nSPS) is 20.3. The molecule has 2 N–H and O–H groups in total. The van der Waals surface area contributed by atoms with Gasteiger partial charge in [-0.05, 0) is 29.8 Å². The Kier molecular flexibility index (Phi) is 6.94. The molecule has 0 amide bonds. The number of hydrogen-bond acceptors (Lipinski definition) is 9. The van der Waals surface area contributed by atoms with Gasteiger partial charge in [0.25, 0.3) is 0 Å². The zero-order valence-electron chi connectivity index (χ0n) is 19.5. The molecule has 14 heteroatoms. The van der Waals surface area contributed by atoms with E-state index in [9.17, 15) is 13.2 Å². The molecule has 9 nitrogen and oxygen atoms in total. The lowest BCUT2D eigenvalue weighted by atomic mass is 9.91. The van der Waals surface area contributed by atoms with Crippen molar-refractivity contribution < 1.29 is 23.1 Å². The second kappa shape index (κ2) is 10.0. The van der Waals surface area contributed by atoms with Crippen molar-refractivity contribution >= 4 is 51.3 Å². The average molecular weight is 552 g/mol. The minimum absolute atomic E-state index is 0.495. The molecule has 2 fully saturated rings. The summed E-state index contributed by atoms with van der Waals surface area (Å²) >= 11 is 8.30. The Bertz CT molecular complexity index is 1400. The zero-order valence-corrected chi connectivity index (χ0v) is 21.0. The number of halogens is 4. The number of carboxylic acids is 1. The second-order valence-corrected chi connectivity index (χ2v) is 10.1. The van der Waals surface area contributed by atoms with E-state index in [0.29, 0.717) is 17.6 Å². The molecule has 0 spiro atoms. The Morgan fingerprint density at radius 2 is 2.00 bits per heavy atom. The van der Waals surface area contributed by atoms with Crippen LogP contribution in [0.2, 0.25) is 0 Å². The number of anilines is 1. The number of nitrogens with zero attached hydrogens (tertiary/aromatic N) is 6. The van der Waals surface area contributed by atoms with Gasteiger partial charge in [0.15, 0.2) is 10.8 Å². The smallest absolute Gasteiger partial charge is 0.475 e. The first-order chi connectivity index (χ1) is 17.7. The number of hydrogen-bond donors (Lipinski definition) is 2. The third-order valence-electron chi connectivity index (χ3n) is 6.44. The second-order valence-electron chi connectivity index (χ2n) is 8.71. The van der Waals surface area contributed by atoms with Gasteiger partial charge in [-0.2, -0.15) is 13.2 Å². The summed E-state index contributed by atoms with van der Waals surface area (Å²) in [5.74, 6) is -1.08. The number of pyridine rings is 1. The summed E-state index contributed by atoms with van der Waals surface area (Å²) in [7, 11) is 0. The van der Waals surface area contributed by atoms with E-state index in [1.54, 1.807) is 18.6 Å². The van der Waals surface area contributed by atoms with Crippen molar-refractivity contribution in [1.29, 1.82) is 0 Å². The van der Waals surface area contributed by atoms with Crippen LogP contribution in [0.15, 0.2) is 40.3 Å². The highest BCUT2D eigenvalue weighted by atomic mass is 35.5. The summed E-state index contributed by atoms with van der Waals surface area (Å²) in [4.78, 5) is 35.1. The van der Waals surface area contributed by atoms with Crippen LogP contribution in [0.5, 0.6) is 0 Å². The summed E-state index contributed by atoms with van der Waals surface area (Å²) in [5, 5.41) is 12.2. The van der Waals surface area contributed by atoms with Crippen LogP contribution < -0.4 is 10.2 Å². The van der Waals surface area contributed by atoms with Gasteiger partial charge in [-0.15, -0.1) is 0 Å². The molecular weight excluding hydrogens is 531 g/mol. The van der Waals surface area contributed by atoms with E-state index in [1.807, 2.05) is 6.07 Å². The molecule has 0 radical (unpaired) electrons. The fraction of sp³-hybridized carbons (Fsp3) is 0.391. The highest BCUT2D eigenvalue weighted by Gasteiger charge is 2.45. The molecule has 1 aliphatic carbocycles. The molecular formula is C23H21ClF3N7O2S. The first-order valence-corrected chi connectivity index (χ1v) is 12.7. The van der Waals surface area contributed by atoms with Crippen molar-refractivity contribution in [2.75, 3.05) is 24.5 Å². The SMILES string of the molecule is CCC1=C(Cl)c2c(nc(Sc3cnc4nccnc4c3)nc2N2CC3CNCC32)C1.O=C(O)C(F)(F)F. The minimum atomic E-state index is -5.08. The van der Waals surface area contributed by atoms with Crippen LogP contribution in [0.1, 0.15) is 24.6 Å². The van der Waals surface area contributed by atoms with Crippen molar-refractivity contribution in [3.05, 3.63) is 41.5 Å². The molecule has 37 heavy (non-hydrogen) atoms. The Morgan fingerprint density at radius 3 is 2.70 bits per heavy atom. The molecule has 6 rings (SSSR count). The van der Waals surface area contributed by atoms with Crippen LogP contribution in [0.25, 0.3) is 16.2 Å². The zero-order chi connectivity index (χ0) is 26.3. The maximum atomic E-state index is 10.6. The van der Waals surface area contributed by atoms with Crippen molar-refractivity contribution in [3.8, 4) is 0 Å². The summed E-state index contributed by atoms with van der Waals surface area (Å²) in [6.45, 7) is 5.25. The number of alkyl halides is 3. The number of carbonyl (C=O) groups is 1. The fourth-order valence-electron chi connectivity index (χ4n) is 4.58. The van der Waals surface area contributed by atoms with Gasteiger partial charge in [0, 0.05) is 61.5 Å². The quantitative estimate of drug-likeness (QED) is 0.462. The summed E-state index contributed by atoms with van der Waals surface area (Å²) in [5.41, 5.74) is 4.72. The van der Waals surface area contributed by atoms with E-state index in [0.717, 1.165) is 70.2 Å². The monoisotopic (exact) mass is 551 g/mol. The Balaban J connectivity index is 0.000000355. The topological polar surface area (TPSA) is 117 Å². The summed E-state index contributed by atoms with van der Waals surface area (Å²) in [6.07, 6.45) is 1.78. The molecule has 5 heterocycles. The van der Waals surface area contributed by atoms with E-state index >= 15 is 0 Å². The molecule has 2 aliphatic heterocycles. The number of nitrogens with one attached hydrogen (secondary N) is 1. The van der Waals surface area contributed by atoms with E-state index in [1.165, 1.54) is 17.3 Å². The molecule has 3 aliphatic rings. The first kappa shape index (κ1) is 25.6. The van der Waals surface area contributed by atoms with Crippen molar-refractivity contribution in [1.82, 2.24) is 30.2 Å². The highest BCUT2D eigenvalue weighted by Crippen LogP contribution is 2.45. The summed E-state index contributed by atoms with van der Waals surface area (Å²) in [6, 6.07) is 2.48. The largest absolute Gasteiger partial charge is 0.490 e. The lowest BCUT2D eigenvalue weighted by Crippen LogP contribution is -2.56. The van der Waals surface area contributed by atoms with Crippen molar-refractivity contribution in [2.45, 2.75) is 42.0 Å². The van der Waals surface area contributed by atoms with Gasteiger partial charge in [0.1, 0.15) is 11.3 Å². The number of allylic oxidation sites excluding steroid dienone is 1. The van der Waals surface area contributed by atoms with Gasteiger partial charge in [0.05, 0.1) is 16.3 Å². The van der Waals surface area contributed by atoms with Crippen LogP contribution in [0.4, 0.5) is 19.0 Å². The van der Waals surface area contributed by atoms with Crippen LogP contribution in [-0.2, 0) is 11.2 Å². The first-order valence-electron chi connectivity index (χ1n) is 11.5. The third-order valence-corrected chi connectivity index (χ3v) is 7.72. The molecule has 2 atom stereocenters. The predicted octanol–water partition coefficient (Wildman–Crippen LogP) is 3.92. The minimum Gasteiger partial charge on any atom is -0.475 e. The molecule has 2 unspecified atom stereocenters. The van der Waals surface area contributed by atoms with Gasteiger partial charge in [-0.3, -0.25) is 4.98 Å². The Hall–Kier alpha value is -3.03. The number of aromatic nitrogens is 5. The highest BCUT2D eigenvalue weighted by molar-refractivity contribution is 7.99. The van der Waals surface area contributed by atoms with E-state index < -0.39 is 12.1 Å². The molecule has 0 aromatic carbocycles. The molecule has 194 valence electrons. The van der Waals surface area contributed by atoms with Gasteiger partial charge < -0.3 is 15.3 Å². The van der Waals surface area contributed by atoms with Gasteiger partial charge in [-0.25, -0.2) is 24.7 Å². The number of aliphatic carboxylic acids is 1. The standard InChI is InChI=1S/C21H20ClN7S.C2HF3O2/c1-2-11-5-14-17(18(11)22)20(29-10-12-7-23-9-16(12)29)28-21(27-14)30-13-6-15-19(26-8-13)25-4-3-24-15;3-2(4,5)1(6)7/h3-4,6,8,12,16,23H,2,5,7,9-10H2,1H3;(H,6,7). The summed E-state index contributed by atoms with van der Waals surface area (Å²) < 4.78 is 31.7.